The molecule has 0 aliphatic carbocycles. The fourth-order valence-corrected chi connectivity index (χ4v) is 1.15. The number of hydrogen-bond acceptors (Lipinski definition) is 5. The van der Waals surface area contributed by atoms with Gasteiger partial charge in [0.05, 0.1) is 19.0 Å². The van der Waals surface area contributed by atoms with Crippen molar-refractivity contribution in [3.63, 3.8) is 0 Å². The fraction of sp³-hybridized carbons (Fsp3) is 0.455. The molecule has 17 heavy (non-hydrogen) atoms. The molecular formula is C11H18N4O2. The molecule has 0 fully saturated rings. The van der Waals surface area contributed by atoms with Crippen LogP contribution in [0.4, 0.5) is 16.3 Å². The summed E-state index contributed by atoms with van der Waals surface area (Å²) in [7, 11) is 5.35. The van der Waals surface area contributed by atoms with E-state index in [0.717, 1.165) is 18.8 Å². The standard InChI is InChI=1S/C11H18N4O2/c1-15(2)7-6-12-9-4-5-10(13-8-9)14-11(16)17-3/h4-5,8,12H,6-7H2,1-3H3,(H,13,14,16). The van der Waals surface area contributed by atoms with E-state index in [1.807, 2.05) is 20.2 Å². The van der Waals surface area contributed by atoms with Crippen molar-refractivity contribution >= 4 is 17.6 Å². The third-order valence-electron chi connectivity index (χ3n) is 2.07. The summed E-state index contributed by atoms with van der Waals surface area (Å²) in [6.07, 6.45) is 1.15. The lowest BCUT2D eigenvalue weighted by Crippen LogP contribution is -2.20. The first-order chi connectivity index (χ1) is 8.11. The summed E-state index contributed by atoms with van der Waals surface area (Å²) < 4.78 is 4.46. The van der Waals surface area contributed by atoms with Gasteiger partial charge in [-0.15, -0.1) is 0 Å². The summed E-state index contributed by atoms with van der Waals surface area (Å²) in [6, 6.07) is 3.57. The molecule has 0 aliphatic heterocycles. The van der Waals surface area contributed by atoms with Gasteiger partial charge in [-0.2, -0.15) is 0 Å². The highest BCUT2D eigenvalue weighted by Gasteiger charge is 2.01. The van der Waals surface area contributed by atoms with Gasteiger partial charge in [0.15, 0.2) is 0 Å². The Bertz CT molecular complexity index is 351. The normalized spacial score (nSPS) is 10.1. The number of carbonyl (C=O) groups is 1. The number of hydrogen-bond donors (Lipinski definition) is 2. The molecule has 0 atom stereocenters. The Morgan fingerprint density at radius 3 is 2.76 bits per heavy atom. The van der Waals surface area contributed by atoms with Crippen LogP contribution in [0.5, 0.6) is 0 Å². The Labute approximate surface area is 101 Å². The lowest BCUT2D eigenvalue weighted by Gasteiger charge is -2.11. The van der Waals surface area contributed by atoms with Gasteiger partial charge in [0.25, 0.3) is 0 Å². The van der Waals surface area contributed by atoms with Crippen molar-refractivity contribution < 1.29 is 9.53 Å². The van der Waals surface area contributed by atoms with Gasteiger partial charge < -0.3 is 15.0 Å². The van der Waals surface area contributed by atoms with Crippen molar-refractivity contribution in [2.45, 2.75) is 0 Å². The van der Waals surface area contributed by atoms with Crippen LogP contribution in [0.2, 0.25) is 0 Å². The van der Waals surface area contributed by atoms with Gasteiger partial charge in [0.1, 0.15) is 5.82 Å². The molecule has 2 N–H and O–H groups in total. The van der Waals surface area contributed by atoms with E-state index >= 15 is 0 Å². The third kappa shape index (κ3) is 5.17. The minimum absolute atomic E-state index is 0.468. The summed E-state index contributed by atoms with van der Waals surface area (Å²) in [6.45, 7) is 1.79. The molecular weight excluding hydrogens is 220 g/mol. The highest BCUT2D eigenvalue weighted by atomic mass is 16.5. The summed E-state index contributed by atoms with van der Waals surface area (Å²) in [4.78, 5) is 17.1. The van der Waals surface area contributed by atoms with E-state index in [-0.39, 0.29) is 0 Å². The van der Waals surface area contributed by atoms with Crippen molar-refractivity contribution in [1.82, 2.24) is 9.88 Å². The lowest BCUT2D eigenvalue weighted by atomic mass is 10.4. The van der Waals surface area contributed by atoms with Crippen molar-refractivity contribution in [3.8, 4) is 0 Å². The Morgan fingerprint density at radius 2 is 2.24 bits per heavy atom. The monoisotopic (exact) mass is 238 g/mol. The molecule has 0 radical (unpaired) electrons. The highest BCUT2D eigenvalue weighted by Crippen LogP contribution is 2.09. The van der Waals surface area contributed by atoms with Crippen molar-refractivity contribution in [2.75, 3.05) is 44.9 Å². The molecule has 0 unspecified atom stereocenters. The molecule has 1 aromatic rings. The average molecular weight is 238 g/mol. The van der Waals surface area contributed by atoms with Gasteiger partial charge in [0.2, 0.25) is 0 Å². The van der Waals surface area contributed by atoms with Gasteiger partial charge in [-0.25, -0.2) is 9.78 Å². The maximum atomic E-state index is 10.9. The zero-order chi connectivity index (χ0) is 12.7. The Hall–Kier alpha value is -1.82. The SMILES string of the molecule is COC(=O)Nc1ccc(NCCN(C)C)cn1. The number of rotatable bonds is 5. The molecule has 0 aromatic carbocycles. The first-order valence-electron chi connectivity index (χ1n) is 5.31. The Balaban J connectivity index is 2.42. The molecule has 0 saturated heterocycles. The minimum atomic E-state index is -0.522. The highest BCUT2D eigenvalue weighted by molar-refractivity contribution is 5.83. The average Bonchev–Trinajstić information content (AvgIpc) is 2.31. The zero-order valence-electron chi connectivity index (χ0n) is 10.4. The zero-order valence-corrected chi connectivity index (χ0v) is 10.4. The predicted octanol–water partition coefficient (Wildman–Crippen LogP) is 1.23. The van der Waals surface area contributed by atoms with Crippen LogP contribution in [0.3, 0.4) is 0 Å². The quantitative estimate of drug-likeness (QED) is 0.807. The number of nitrogens with one attached hydrogen (secondary N) is 2. The first-order valence-corrected chi connectivity index (χ1v) is 5.31. The molecule has 6 nitrogen and oxygen atoms in total. The smallest absolute Gasteiger partial charge is 0.412 e. The molecule has 6 heteroatoms. The van der Waals surface area contributed by atoms with Gasteiger partial charge >= 0.3 is 6.09 Å². The molecule has 0 spiro atoms. The topological polar surface area (TPSA) is 66.5 Å². The van der Waals surface area contributed by atoms with E-state index in [2.05, 4.69) is 25.3 Å². The lowest BCUT2D eigenvalue weighted by molar-refractivity contribution is 0.187. The van der Waals surface area contributed by atoms with Crippen LogP contribution in [-0.2, 0) is 4.74 Å². The number of methoxy groups -OCH3 is 1. The predicted molar refractivity (Wildman–Crippen MR) is 67.3 cm³/mol. The number of carbonyl (C=O) groups excluding carboxylic acids is 1. The molecule has 0 bridgehead atoms. The second-order valence-corrected chi connectivity index (χ2v) is 3.78. The second kappa shape index (κ2) is 6.70. The van der Waals surface area contributed by atoms with E-state index in [1.165, 1.54) is 7.11 Å². The number of ether oxygens (including phenoxy) is 1. The fourth-order valence-electron chi connectivity index (χ4n) is 1.15. The summed E-state index contributed by atoms with van der Waals surface area (Å²) in [5.41, 5.74) is 0.919. The minimum Gasteiger partial charge on any atom is -0.453 e. The molecule has 1 heterocycles. The molecule has 1 rings (SSSR count). The van der Waals surface area contributed by atoms with Gasteiger partial charge in [0, 0.05) is 13.1 Å². The van der Waals surface area contributed by atoms with E-state index in [1.54, 1.807) is 12.3 Å². The number of amides is 1. The molecule has 94 valence electrons. The van der Waals surface area contributed by atoms with Crippen LogP contribution in [0.1, 0.15) is 0 Å². The number of likely N-dealkylation sites (N-methyl/N-ethyl adjacent to an activating group) is 1. The first kappa shape index (κ1) is 13.2. The molecule has 0 aliphatic rings. The van der Waals surface area contributed by atoms with Crippen LogP contribution in [-0.4, -0.2) is 50.3 Å². The number of anilines is 2. The second-order valence-electron chi connectivity index (χ2n) is 3.78. The van der Waals surface area contributed by atoms with Crippen molar-refractivity contribution in [2.24, 2.45) is 0 Å². The molecule has 1 amide bonds. The third-order valence-corrected chi connectivity index (χ3v) is 2.07. The van der Waals surface area contributed by atoms with E-state index in [0.29, 0.717) is 5.82 Å². The van der Waals surface area contributed by atoms with Gasteiger partial charge in [-0.1, -0.05) is 0 Å². The van der Waals surface area contributed by atoms with Crippen LogP contribution in [0.15, 0.2) is 18.3 Å². The van der Waals surface area contributed by atoms with Gasteiger partial charge in [-0.05, 0) is 26.2 Å². The molecule has 0 saturated carbocycles. The number of pyridine rings is 1. The van der Waals surface area contributed by atoms with Crippen LogP contribution >= 0.6 is 0 Å². The summed E-state index contributed by atoms with van der Waals surface area (Å²) >= 11 is 0. The Kier molecular flexibility index (Phi) is 5.22. The van der Waals surface area contributed by atoms with E-state index < -0.39 is 6.09 Å². The maximum Gasteiger partial charge on any atom is 0.412 e. The van der Waals surface area contributed by atoms with Crippen LogP contribution < -0.4 is 10.6 Å². The van der Waals surface area contributed by atoms with Crippen molar-refractivity contribution in [3.05, 3.63) is 18.3 Å². The largest absolute Gasteiger partial charge is 0.453 e. The number of nitrogens with zero attached hydrogens (tertiary/aromatic N) is 2. The van der Waals surface area contributed by atoms with E-state index in [9.17, 15) is 4.79 Å². The Morgan fingerprint density at radius 1 is 1.47 bits per heavy atom. The van der Waals surface area contributed by atoms with Gasteiger partial charge in [-0.3, -0.25) is 5.32 Å². The van der Waals surface area contributed by atoms with Crippen molar-refractivity contribution in [1.29, 1.82) is 0 Å². The molecule has 1 aromatic heterocycles. The number of aromatic nitrogens is 1. The maximum absolute atomic E-state index is 10.9. The summed E-state index contributed by atoms with van der Waals surface area (Å²) in [5.74, 6) is 0.468. The summed E-state index contributed by atoms with van der Waals surface area (Å²) in [5, 5.41) is 5.71. The van der Waals surface area contributed by atoms with E-state index in [4.69, 9.17) is 0 Å². The van der Waals surface area contributed by atoms with Crippen LogP contribution in [0, 0.1) is 0 Å². The van der Waals surface area contributed by atoms with Crippen LogP contribution in [0.25, 0.3) is 0 Å².